The number of nitrogens with one attached hydrogen (secondary N) is 1. The number of hydrogen-bond acceptors (Lipinski definition) is 4. The minimum atomic E-state index is -4.57. The largest absolute Gasteiger partial charge is 0.453 e. The Morgan fingerprint density at radius 2 is 1.95 bits per heavy atom. The van der Waals surface area contributed by atoms with Gasteiger partial charge in [-0.25, -0.2) is 0 Å². The summed E-state index contributed by atoms with van der Waals surface area (Å²) in [6.07, 6.45) is -0.0984. The van der Waals surface area contributed by atoms with Gasteiger partial charge < -0.3 is 5.32 Å². The lowest BCUT2D eigenvalue weighted by atomic mass is 9.86. The summed E-state index contributed by atoms with van der Waals surface area (Å²) in [5.74, 6) is -0.191. The van der Waals surface area contributed by atoms with E-state index in [-0.39, 0.29) is 11.7 Å². The van der Waals surface area contributed by atoms with E-state index in [9.17, 15) is 13.2 Å². The van der Waals surface area contributed by atoms with Gasteiger partial charge in [0.05, 0.1) is 0 Å². The quantitative estimate of drug-likeness (QED) is 0.925. The molecule has 0 unspecified atom stereocenters. The Morgan fingerprint density at radius 1 is 1.19 bits per heavy atom. The highest BCUT2D eigenvalue weighted by Gasteiger charge is 2.37. The van der Waals surface area contributed by atoms with Crippen LogP contribution in [-0.4, -0.2) is 25.9 Å². The first-order valence-corrected chi connectivity index (χ1v) is 7.01. The van der Waals surface area contributed by atoms with Gasteiger partial charge in [-0.3, -0.25) is 0 Å². The third-order valence-electron chi connectivity index (χ3n) is 3.96. The molecule has 1 N–H and O–H groups in total. The molecule has 1 saturated carbocycles. The average molecular weight is 299 g/mol. The van der Waals surface area contributed by atoms with E-state index in [1.54, 1.807) is 6.07 Å². The fourth-order valence-corrected chi connectivity index (χ4v) is 2.76. The second-order valence-electron chi connectivity index (χ2n) is 5.52. The van der Waals surface area contributed by atoms with Gasteiger partial charge >= 0.3 is 6.18 Å². The van der Waals surface area contributed by atoms with Crippen molar-refractivity contribution >= 4 is 11.5 Å². The van der Waals surface area contributed by atoms with Crippen LogP contribution < -0.4 is 5.32 Å². The van der Waals surface area contributed by atoms with E-state index in [1.165, 1.54) is 12.5 Å². The van der Waals surface area contributed by atoms with Gasteiger partial charge in [0.25, 0.3) is 5.82 Å². The molecular formula is C13H16F3N5. The Balaban J connectivity index is 1.89. The van der Waals surface area contributed by atoms with Crippen molar-refractivity contribution in [3.8, 4) is 0 Å². The molecule has 3 rings (SSSR count). The van der Waals surface area contributed by atoms with E-state index in [2.05, 4.69) is 27.5 Å². The van der Waals surface area contributed by atoms with Crippen LogP contribution in [-0.2, 0) is 6.18 Å². The van der Waals surface area contributed by atoms with Crippen LogP contribution in [0, 0.1) is 5.92 Å². The molecule has 2 atom stereocenters. The minimum absolute atomic E-state index is 0.0876. The van der Waals surface area contributed by atoms with Crippen molar-refractivity contribution in [2.24, 2.45) is 5.92 Å². The number of fused-ring (bicyclic) bond motifs is 1. The second-order valence-corrected chi connectivity index (χ2v) is 5.52. The SMILES string of the molecule is C[C@@H]1CCCC[C@@H]1Nc1ccc2nnc(C(F)(F)F)n2n1. The fourth-order valence-electron chi connectivity index (χ4n) is 2.76. The molecular weight excluding hydrogens is 283 g/mol. The van der Waals surface area contributed by atoms with Crippen LogP contribution in [0.15, 0.2) is 12.1 Å². The Labute approximate surface area is 119 Å². The third-order valence-corrected chi connectivity index (χ3v) is 3.96. The number of rotatable bonds is 2. The maximum Gasteiger partial charge on any atom is 0.453 e. The zero-order valence-electron chi connectivity index (χ0n) is 11.6. The van der Waals surface area contributed by atoms with E-state index >= 15 is 0 Å². The van der Waals surface area contributed by atoms with E-state index in [4.69, 9.17) is 0 Å². The van der Waals surface area contributed by atoms with E-state index in [0.717, 1.165) is 23.8 Å². The van der Waals surface area contributed by atoms with Crippen molar-refractivity contribution < 1.29 is 13.2 Å². The first kappa shape index (κ1) is 14.1. The fraction of sp³-hybridized carbons (Fsp3) is 0.615. The first-order chi connectivity index (χ1) is 9.95. The summed E-state index contributed by atoms with van der Waals surface area (Å²) in [5.41, 5.74) is 0.0876. The van der Waals surface area contributed by atoms with Crippen LogP contribution in [0.2, 0.25) is 0 Å². The predicted octanol–water partition coefficient (Wildman–Crippen LogP) is 3.13. The number of nitrogens with zero attached hydrogens (tertiary/aromatic N) is 4. The molecule has 5 nitrogen and oxygen atoms in total. The van der Waals surface area contributed by atoms with Gasteiger partial charge in [-0.05, 0) is 30.9 Å². The second kappa shape index (κ2) is 5.16. The van der Waals surface area contributed by atoms with E-state index in [1.807, 2.05) is 0 Å². The molecule has 0 aliphatic heterocycles. The van der Waals surface area contributed by atoms with E-state index < -0.39 is 12.0 Å². The maximum atomic E-state index is 12.8. The highest BCUT2D eigenvalue weighted by atomic mass is 19.4. The maximum absolute atomic E-state index is 12.8. The van der Waals surface area contributed by atoms with Crippen LogP contribution in [0.3, 0.4) is 0 Å². The molecule has 0 spiro atoms. The molecule has 1 aliphatic carbocycles. The normalized spacial score (nSPS) is 23.4. The van der Waals surface area contributed by atoms with Crippen LogP contribution in [0.5, 0.6) is 0 Å². The lowest BCUT2D eigenvalue weighted by Gasteiger charge is -2.29. The van der Waals surface area contributed by atoms with Crippen LogP contribution in [0.4, 0.5) is 19.0 Å². The zero-order chi connectivity index (χ0) is 15.0. The summed E-state index contributed by atoms with van der Waals surface area (Å²) in [5, 5.41) is 13.9. The molecule has 21 heavy (non-hydrogen) atoms. The van der Waals surface area contributed by atoms with Crippen molar-refractivity contribution in [1.82, 2.24) is 19.8 Å². The lowest BCUT2D eigenvalue weighted by Crippen LogP contribution is -2.31. The number of alkyl halides is 3. The molecule has 2 aromatic heterocycles. The molecule has 0 amide bonds. The number of aromatic nitrogens is 4. The topological polar surface area (TPSA) is 55.1 Å². The molecule has 1 aliphatic rings. The monoisotopic (exact) mass is 299 g/mol. The van der Waals surface area contributed by atoms with Crippen molar-refractivity contribution in [2.45, 2.75) is 44.8 Å². The van der Waals surface area contributed by atoms with Crippen molar-refractivity contribution in [3.63, 3.8) is 0 Å². The molecule has 1 fully saturated rings. The van der Waals surface area contributed by atoms with Gasteiger partial charge in [-0.1, -0.05) is 19.8 Å². The summed E-state index contributed by atoms with van der Waals surface area (Å²) in [6.45, 7) is 2.15. The van der Waals surface area contributed by atoms with Crippen molar-refractivity contribution in [3.05, 3.63) is 18.0 Å². The van der Waals surface area contributed by atoms with Crippen LogP contribution >= 0.6 is 0 Å². The van der Waals surface area contributed by atoms with Crippen LogP contribution in [0.25, 0.3) is 5.65 Å². The molecule has 2 aromatic rings. The highest BCUT2D eigenvalue weighted by molar-refractivity contribution is 5.44. The van der Waals surface area contributed by atoms with Gasteiger partial charge in [0.2, 0.25) is 0 Å². The Kier molecular flexibility index (Phi) is 3.46. The van der Waals surface area contributed by atoms with E-state index in [0.29, 0.717) is 11.7 Å². The summed E-state index contributed by atoms with van der Waals surface area (Å²) < 4.78 is 39.2. The van der Waals surface area contributed by atoms with Gasteiger partial charge in [0.15, 0.2) is 5.65 Å². The van der Waals surface area contributed by atoms with Gasteiger partial charge in [0.1, 0.15) is 5.82 Å². The minimum Gasteiger partial charge on any atom is -0.366 e. The molecule has 2 heterocycles. The molecule has 114 valence electrons. The summed E-state index contributed by atoms with van der Waals surface area (Å²) in [7, 11) is 0. The third kappa shape index (κ3) is 2.79. The number of hydrogen-bond donors (Lipinski definition) is 1. The Morgan fingerprint density at radius 3 is 2.67 bits per heavy atom. The average Bonchev–Trinajstić information content (AvgIpc) is 2.84. The molecule has 0 saturated heterocycles. The highest BCUT2D eigenvalue weighted by Crippen LogP contribution is 2.29. The molecule has 0 radical (unpaired) electrons. The summed E-state index contributed by atoms with van der Waals surface area (Å²) >= 11 is 0. The van der Waals surface area contributed by atoms with Gasteiger partial charge in [-0.2, -0.15) is 17.7 Å². The smallest absolute Gasteiger partial charge is 0.366 e. The van der Waals surface area contributed by atoms with Crippen molar-refractivity contribution in [1.29, 1.82) is 0 Å². The molecule has 0 bridgehead atoms. The van der Waals surface area contributed by atoms with Gasteiger partial charge in [-0.15, -0.1) is 15.3 Å². The lowest BCUT2D eigenvalue weighted by molar-refractivity contribution is -0.146. The Hall–Kier alpha value is -1.86. The standard InChI is InChI=1S/C13H16F3N5/c1-8-4-2-3-5-9(8)17-10-6-7-11-18-19-12(13(14,15)16)21(11)20-10/h6-9H,2-5H2,1H3,(H,17,20)/t8-,9+/m1/s1. The first-order valence-electron chi connectivity index (χ1n) is 7.01. The summed E-state index contributed by atoms with van der Waals surface area (Å²) in [6, 6.07) is 3.38. The number of halogens is 3. The predicted molar refractivity (Wildman–Crippen MR) is 70.8 cm³/mol. The molecule has 0 aromatic carbocycles. The van der Waals surface area contributed by atoms with Crippen molar-refractivity contribution in [2.75, 3.05) is 5.32 Å². The van der Waals surface area contributed by atoms with Gasteiger partial charge in [0, 0.05) is 6.04 Å². The zero-order valence-corrected chi connectivity index (χ0v) is 11.6. The molecule has 8 heteroatoms. The summed E-state index contributed by atoms with van der Waals surface area (Å²) in [4.78, 5) is 0. The number of anilines is 1. The Bertz CT molecular complexity index is 636. The van der Waals surface area contributed by atoms with Crippen LogP contribution in [0.1, 0.15) is 38.4 Å².